The minimum Gasteiger partial charge on any atom is -0.454 e. The van der Waals surface area contributed by atoms with E-state index in [-0.39, 0.29) is 12.5 Å². The van der Waals surface area contributed by atoms with Gasteiger partial charge >= 0.3 is 5.97 Å². The molecule has 0 fully saturated rings. The Hall–Kier alpha value is -3.05. The molecule has 0 unspecified atom stereocenters. The largest absolute Gasteiger partial charge is 0.454 e. The van der Waals surface area contributed by atoms with Crippen molar-refractivity contribution in [3.8, 4) is 0 Å². The summed E-state index contributed by atoms with van der Waals surface area (Å²) in [7, 11) is 0. The van der Waals surface area contributed by atoms with E-state index >= 15 is 0 Å². The van der Waals surface area contributed by atoms with E-state index in [0.717, 1.165) is 27.3 Å². The van der Waals surface area contributed by atoms with Gasteiger partial charge in [0.15, 0.2) is 6.61 Å². The highest BCUT2D eigenvalue weighted by molar-refractivity contribution is 8.00. The van der Waals surface area contributed by atoms with Crippen molar-refractivity contribution in [3.63, 3.8) is 0 Å². The Kier molecular flexibility index (Phi) is 7.09. The third-order valence-electron chi connectivity index (χ3n) is 4.32. The van der Waals surface area contributed by atoms with Gasteiger partial charge in [-0.15, -0.1) is 11.8 Å². The maximum atomic E-state index is 12.8. The molecule has 148 valence electrons. The first kappa shape index (κ1) is 20.7. The predicted molar refractivity (Wildman–Crippen MR) is 117 cm³/mol. The standard InChI is InChI=1S/C24H23NO3S/c1-17-13-14-21(18(2)15-17)25-22(26)16-28-24(27)23(19-9-5-3-6-10-19)29-20-11-7-4-8-12-20/h3-15,23H,16H2,1-2H3,(H,25,26)/t23-/m0/s1. The summed E-state index contributed by atoms with van der Waals surface area (Å²) < 4.78 is 5.36. The van der Waals surface area contributed by atoms with Gasteiger partial charge < -0.3 is 10.1 Å². The average Bonchev–Trinajstić information content (AvgIpc) is 2.74. The van der Waals surface area contributed by atoms with Crippen molar-refractivity contribution in [1.82, 2.24) is 0 Å². The lowest BCUT2D eigenvalue weighted by atomic mass is 10.1. The molecule has 0 saturated heterocycles. The highest BCUT2D eigenvalue weighted by atomic mass is 32.2. The molecule has 0 aliphatic heterocycles. The van der Waals surface area contributed by atoms with Crippen molar-refractivity contribution in [2.75, 3.05) is 11.9 Å². The maximum absolute atomic E-state index is 12.8. The van der Waals surface area contributed by atoms with Crippen molar-refractivity contribution >= 4 is 29.3 Å². The van der Waals surface area contributed by atoms with E-state index in [9.17, 15) is 9.59 Å². The number of aryl methyl sites for hydroxylation is 2. The number of thioether (sulfide) groups is 1. The van der Waals surface area contributed by atoms with E-state index < -0.39 is 11.2 Å². The number of rotatable bonds is 7. The predicted octanol–water partition coefficient (Wildman–Crippen LogP) is 5.32. The monoisotopic (exact) mass is 405 g/mol. The molecule has 3 rings (SSSR count). The molecular formula is C24H23NO3S. The summed E-state index contributed by atoms with van der Waals surface area (Å²) in [5.41, 5.74) is 3.64. The smallest absolute Gasteiger partial charge is 0.324 e. The number of benzene rings is 3. The summed E-state index contributed by atoms with van der Waals surface area (Å²) in [4.78, 5) is 26.0. The van der Waals surface area contributed by atoms with Crippen molar-refractivity contribution in [2.45, 2.75) is 24.0 Å². The van der Waals surface area contributed by atoms with Gasteiger partial charge in [0.1, 0.15) is 5.25 Å². The van der Waals surface area contributed by atoms with Gasteiger partial charge in [-0.2, -0.15) is 0 Å². The Bertz CT molecular complexity index is 974. The van der Waals surface area contributed by atoms with Gasteiger partial charge in [0.2, 0.25) is 0 Å². The normalized spacial score (nSPS) is 11.5. The van der Waals surface area contributed by atoms with Crippen LogP contribution in [0.3, 0.4) is 0 Å². The van der Waals surface area contributed by atoms with Gasteiger partial charge in [0.25, 0.3) is 5.91 Å². The second kappa shape index (κ2) is 9.94. The van der Waals surface area contributed by atoms with Crippen LogP contribution in [0.4, 0.5) is 5.69 Å². The molecule has 0 aliphatic carbocycles. The molecule has 0 bridgehead atoms. The molecule has 4 nitrogen and oxygen atoms in total. The summed E-state index contributed by atoms with van der Waals surface area (Å²) in [6.07, 6.45) is 0. The lowest BCUT2D eigenvalue weighted by molar-refractivity contribution is -0.146. The van der Waals surface area contributed by atoms with Gasteiger partial charge in [-0.1, -0.05) is 66.2 Å². The Balaban J connectivity index is 1.65. The zero-order valence-electron chi connectivity index (χ0n) is 16.4. The minimum absolute atomic E-state index is 0.329. The number of ether oxygens (including phenoxy) is 1. The van der Waals surface area contributed by atoms with Crippen LogP contribution in [0, 0.1) is 13.8 Å². The Morgan fingerprint density at radius 2 is 1.59 bits per heavy atom. The lowest BCUT2D eigenvalue weighted by Gasteiger charge is -2.16. The number of amides is 1. The average molecular weight is 406 g/mol. The maximum Gasteiger partial charge on any atom is 0.324 e. The van der Waals surface area contributed by atoms with Crippen LogP contribution in [0.5, 0.6) is 0 Å². The Morgan fingerprint density at radius 3 is 2.24 bits per heavy atom. The van der Waals surface area contributed by atoms with Crippen LogP contribution in [0.15, 0.2) is 83.8 Å². The number of esters is 1. The number of hydrogen-bond donors (Lipinski definition) is 1. The van der Waals surface area contributed by atoms with E-state index in [1.807, 2.05) is 92.7 Å². The topological polar surface area (TPSA) is 55.4 Å². The first-order valence-electron chi connectivity index (χ1n) is 9.33. The number of carbonyl (C=O) groups excluding carboxylic acids is 2. The molecule has 0 radical (unpaired) electrons. The molecule has 1 N–H and O–H groups in total. The second-order valence-electron chi connectivity index (χ2n) is 6.70. The van der Waals surface area contributed by atoms with Gasteiger partial charge in [-0.3, -0.25) is 9.59 Å². The second-order valence-corrected chi connectivity index (χ2v) is 7.87. The number of nitrogens with one attached hydrogen (secondary N) is 1. The molecule has 0 spiro atoms. The molecule has 0 saturated carbocycles. The van der Waals surface area contributed by atoms with Crippen molar-refractivity contribution in [3.05, 3.63) is 95.6 Å². The van der Waals surface area contributed by atoms with Gasteiger partial charge in [0, 0.05) is 10.6 Å². The third kappa shape index (κ3) is 5.96. The number of carbonyl (C=O) groups is 2. The van der Waals surface area contributed by atoms with E-state index in [4.69, 9.17) is 4.74 Å². The Labute approximate surface area is 175 Å². The highest BCUT2D eigenvalue weighted by Gasteiger charge is 2.24. The molecule has 0 heterocycles. The fourth-order valence-corrected chi connectivity index (χ4v) is 3.91. The molecule has 1 amide bonds. The fourth-order valence-electron chi connectivity index (χ4n) is 2.87. The van der Waals surface area contributed by atoms with Crippen LogP contribution in [-0.2, 0) is 14.3 Å². The third-order valence-corrected chi connectivity index (χ3v) is 5.56. The van der Waals surface area contributed by atoms with E-state index in [2.05, 4.69) is 5.32 Å². The van der Waals surface area contributed by atoms with Crippen LogP contribution < -0.4 is 5.32 Å². The van der Waals surface area contributed by atoms with Gasteiger partial charge in [-0.05, 0) is 43.2 Å². The van der Waals surface area contributed by atoms with E-state index in [1.54, 1.807) is 0 Å². The van der Waals surface area contributed by atoms with Crippen molar-refractivity contribution in [1.29, 1.82) is 0 Å². The molecular weight excluding hydrogens is 382 g/mol. The zero-order chi connectivity index (χ0) is 20.6. The van der Waals surface area contributed by atoms with Crippen LogP contribution in [0.1, 0.15) is 21.9 Å². The molecule has 29 heavy (non-hydrogen) atoms. The minimum atomic E-state index is -0.549. The quantitative estimate of drug-likeness (QED) is 0.427. The van der Waals surface area contributed by atoms with E-state index in [0.29, 0.717) is 0 Å². The highest BCUT2D eigenvalue weighted by Crippen LogP contribution is 2.36. The first-order valence-corrected chi connectivity index (χ1v) is 10.2. The first-order chi connectivity index (χ1) is 14.0. The summed E-state index contributed by atoms with van der Waals surface area (Å²) in [6, 6.07) is 24.9. The SMILES string of the molecule is Cc1ccc(NC(=O)COC(=O)[C@@H](Sc2ccccc2)c2ccccc2)c(C)c1. The molecule has 3 aromatic carbocycles. The van der Waals surface area contributed by atoms with Gasteiger partial charge in [0.05, 0.1) is 0 Å². The molecule has 5 heteroatoms. The number of hydrogen-bond acceptors (Lipinski definition) is 4. The summed E-state index contributed by atoms with van der Waals surface area (Å²) >= 11 is 1.40. The summed E-state index contributed by atoms with van der Waals surface area (Å²) in [5.74, 6) is -0.803. The lowest BCUT2D eigenvalue weighted by Crippen LogP contribution is -2.23. The van der Waals surface area contributed by atoms with E-state index in [1.165, 1.54) is 11.8 Å². The van der Waals surface area contributed by atoms with Crippen LogP contribution in [0.25, 0.3) is 0 Å². The fraction of sp³-hybridized carbons (Fsp3) is 0.167. The molecule has 1 atom stereocenters. The number of anilines is 1. The van der Waals surface area contributed by atoms with Gasteiger partial charge in [-0.25, -0.2) is 0 Å². The summed E-state index contributed by atoms with van der Waals surface area (Å²) in [5, 5.41) is 2.25. The van der Waals surface area contributed by atoms with Crippen LogP contribution in [0.2, 0.25) is 0 Å². The Morgan fingerprint density at radius 1 is 0.931 bits per heavy atom. The van der Waals surface area contributed by atoms with Crippen molar-refractivity contribution in [2.24, 2.45) is 0 Å². The van der Waals surface area contributed by atoms with Crippen LogP contribution in [-0.4, -0.2) is 18.5 Å². The van der Waals surface area contributed by atoms with Crippen LogP contribution >= 0.6 is 11.8 Å². The van der Waals surface area contributed by atoms with Crippen molar-refractivity contribution < 1.29 is 14.3 Å². The molecule has 0 aromatic heterocycles. The molecule has 0 aliphatic rings. The zero-order valence-corrected chi connectivity index (χ0v) is 17.2. The molecule has 3 aromatic rings. The summed E-state index contributed by atoms with van der Waals surface area (Å²) in [6.45, 7) is 3.59.